The lowest BCUT2D eigenvalue weighted by atomic mass is 9.92. The van der Waals surface area contributed by atoms with Crippen LogP contribution in [-0.4, -0.2) is 27.2 Å². The second kappa shape index (κ2) is 4.99. The number of primary sulfonamides is 1. The van der Waals surface area contributed by atoms with Crippen molar-refractivity contribution in [2.24, 2.45) is 5.14 Å². The van der Waals surface area contributed by atoms with E-state index < -0.39 is 10.0 Å². The Morgan fingerprint density at radius 2 is 1.89 bits per heavy atom. The first-order chi connectivity index (χ1) is 8.78. The smallest absolute Gasteiger partial charge is 0.238 e. The van der Waals surface area contributed by atoms with E-state index in [1.165, 1.54) is 12.1 Å². The highest BCUT2D eigenvalue weighted by Gasteiger charge is 2.27. The van der Waals surface area contributed by atoms with Crippen molar-refractivity contribution < 1.29 is 13.2 Å². The van der Waals surface area contributed by atoms with Gasteiger partial charge in [-0.1, -0.05) is 0 Å². The molecule has 6 nitrogen and oxygen atoms in total. The SMILES string of the molecule is CC1(Nc2cc(N)cc(S(N)(=O)=O)c2)CCOCC1. The number of ether oxygens (including phenoxy) is 1. The van der Waals surface area contributed by atoms with Crippen LogP contribution in [-0.2, 0) is 14.8 Å². The maximum atomic E-state index is 11.4. The highest BCUT2D eigenvalue weighted by molar-refractivity contribution is 7.89. The number of nitrogen functional groups attached to an aromatic ring is 1. The van der Waals surface area contributed by atoms with Crippen LogP contribution in [0, 0.1) is 0 Å². The van der Waals surface area contributed by atoms with Crippen LogP contribution in [0.3, 0.4) is 0 Å². The van der Waals surface area contributed by atoms with E-state index in [1.54, 1.807) is 6.07 Å². The molecule has 0 amide bonds. The number of sulfonamides is 1. The van der Waals surface area contributed by atoms with Gasteiger partial charge in [0.2, 0.25) is 10.0 Å². The predicted molar refractivity (Wildman–Crippen MR) is 74.3 cm³/mol. The van der Waals surface area contributed by atoms with Crippen LogP contribution >= 0.6 is 0 Å². The molecule has 1 fully saturated rings. The average molecular weight is 285 g/mol. The summed E-state index contributed by atoms with van der Waals surface area (Å²) in [5, 5.41) is 8.46. The topological polar surface area (TPSA) is 107 Å². The summed E-state index contributed by atoms with van der Waals surface area (Å²) in [5.74, 6) is 0. The summed E-state index contributed by atoms with van der Waals surface area (Å²) in [4.78, 5) is 0.0191. The molecule has 1 heterocycles. The van der Waals surface area contributed by atoms with Crippen LogP contribution in [0.25, 0.3) is 0 Å². The lowest BCUT2D eigenvalue weighted by molar-refractivity contribution is 0.0658. The van der Waals surface area contributed by atoms with Gasteiger partial charge in [-0.2, -0.15) is 0 Å². The fourth-order valence-corrected chi connectivity index (χ4v) is 2.75. The molecule has 1 aliphatic rings. The highest BCUT2D eigenvalue weighted by atomic mass is 32.2. The second-order valence-corrected chi connectivity index (χ2v) is 6.70. The zero-order valence-electron chi connectivity index (χ0n) is 10.8. The molecule has 2 rings (SSSR count). The van der Waals surface area contributed by atoms with E-state index in [0.29, 0.717) is 24.6 Å². The molecule has 1 aromatic carbocycles. The summed E-state index contributed by atoms with van der Waals surface area (Å²) in [6.07, 6.45) is 1.71. The summed E-state index contributed by atoms with van der Waals surface area (Å²) in [6, 6.07) is 4.56. The Kier molecular flexibility index (Phi) is 3.71. The third kappa shape index (κ3) is 3.59. The van der Waals surface area contributed by atoms with Gasteiger partial charge in [0.1, 0.15) is 0 Å². The fourth-order valence-electron chi connectivity index (χ4n) is 2.15. The number of nitrogens with two attached hydrogens (primary N) is 2. The van der Waals surface area contributed by atoms with Crippen LogP contribution in [0.4, 0.5) is 11.4 Å². The Labute approximate surface area is 113 Å². The van der Waals surface area contributed by atoms with Gasteiger partial charge in [-0.05, 0) is 38.0 Å². The summed E-state index contributed by atoms with van der Waals surface area (Å²) < 4.78 is 28.1. The van der Waals surface area contributed by atoms with Crippen LogP contribution in [0.1, 0.15) is 19.8 Å². The van der Waals surface area contributed by atoms with E-state index in [1.807, 2.05) is 0 Å². The Morgan fingerprint density at radius 1 is 1.26 bits per heavy atom. The Hall–Kier alpha value is -1.31. The quantitative estimate of drug-likeness (QED) is 0.715. The van der Waals surface area contributed by atoms with Gasteiger partial charge >= 0.3 is 0 Å². The Balaban J connectivity index is 2.28. The zero-order valence-corrected chi connectivity index (χ0v) is 11.7. The molecule has 0 saturated carbocycles. The molecule has 106 valence electrons. The van der Waals surface area contributed by atoms with Crippen molar-refractivity contribution in [3.05, 3.63) is 18.2 Å². The largest absolute Gasteiger partial charge is 0.399 e. The maximum Gasteiger partial charge on any atom is 0.238 e. The van der Waals surface area contributed by atoms with Crippen LogP contribution in [0.2, 0.25) is 0 Å². The van der Waals surface area contributed by atoms with Gasteiger partial charge in [0, 0.05) is 30.1 Å². The standard InChI is InChI=1S/C12H19N3O3S/c1-12(2-4-18-5-3-12)15-10-6-9(13)7-11(8-10)19(14,16)17/h6-8,15H,2-5,13H2,1H3,(H2,14,16,17). The van der Waals surface area contributed by atoms with Crippen molar-refractivity contribution in [2.45, 2.75) is 30.2 Å². The number of anilines is 2. The maximum absolute atomic E-state index is 11.4. The molecule has 0 radical (unpaired) electrons. The van der Waals surface area contributed by atoms with E-state index in [2.05, 4.69) is 12.2 Å². The molecule has 1 aromatic rings. The average Bonchev–Trinajstić information content (AvgIpc) is 2.27. The third-order valence-corrected chi connectivity index (χ3v) is 4.19. The van der Waals surface area contributed by atoms with Crippen LogP contribution in [0.15, 0.2) is 23.1 Å². The molecule has 0 atom stereocenters. The predicted octanol–water partition coefficient (Wildman–Crippen LogP) is 0.897. The van der Waals surface area contributed by atoms with Crippen LogP contribution < -0.4 is 16.2 Å². The summed E-state index contributed by atoms with van der Waals surface area (Å²) in [7, 11) is -3.75. The monoisotopic (exact) mass is 285 g/mol. The fraction of sp³-hybridized carbons (Fsp3) is 0.500. The molecule has 1 aliphatic heterocycles. The van der Waals surface area contributed by atoms with Crippen molar-refractivity contribution in [1.82, 2.24) is 0 Å². The Morgan fingerprint density at radius 3 is 2.47 bits per heavy atom. The molecular weight excluding hydrogens is 266 g/mol. The minimum Gasteiger partial charge on any atom is -0.399 e. The van der Waals surface area contributed by atoms with E-state index in [9.17, 15) is 8.42 Å². The number of benzene rings is 1. The first-order valence-electron chi connectivity index (χ1n) is 6.08. The van der Waals surface area contributed by atoms with E-state index in [0.717, 1.165) is 12.8 Å². The highest BCUT2D eigenvalue weighted by Crippen LogP contribution is 2.28. The summed E-state index contributed by atoms with van der Waals surface area (Å²) >= 11 is 0. The molecule has 0 aliphatic carbocycles. The molecular formula is C12H19N3O3S. The normalized spacial score (nSPS) is 19.1. The van der Waals surface area contributed by atoms with Gasteiger partial charge in [-0.15, -0.1) is 0 Å². The molecule has 0 bridgehead atoms. The van der Waals surface area contributed by atoms with Crippen molar-refractivity contribution in [1.29, 1.82) is 0 Å². The molecule has 0 aromatic heterocycles. The number of hydrogen-bond acceptors (Lipinski definition) is 5. The third-order valence-electron chi connectivity index (χ3n) is 3.30. The van der Waals surface area contributed by atoms with Crippen LogP contribution in [0.5, 0.6) is 0 Å². The molecule has 0 spiro atoms. The van der Waals surface area contributed by atoms with E-state index >= 15 is 0 Å². The minimum atomic E-state index is -3.75. The van der Waals surface area contributed by atoms with Gasteiger partial charge in [0.15, 0.2) is 0 Å². The molecule has 1 saturated heterocycles. The first kappa shape index (κ1) is 14.1. The Bertz CT molecular complexity index is 566. The lowest BCUT2D eigenvalue weighted by Crippen LogP contribution is -2.40. The molecule has 5 N–H and O–H groups in total. The lowest BCUT2D eigenvalue weighted by Gasteiger charge is -2.35. The zero-order chi connectivity index (χ0) is 14.1. The minimum absolute atomic E-state index is 0.0191. The van der Waals surface area contributed by atoms with Crippen molar-refractivity contribution in [3.8, 4) is 0 Å². The van der Waals surface area contributed by atoms with Crippen molar-refractivity contribution in [2.75, 3.05) is 24.3 Å². The molecule has 7 heteroatoms. The van der Waals surface area contributed by atoms with Gasteiger partial charge in [-0.25, -0.2) is 13.6 Å². The number of hydrogen-bond donors (Lipinski definition) is 3. The van der Waals surface area contributed by atoms with Crippen molar-refractivity contribution in [3.63, 3.8) is 0 Å². The summed E-state index contributed by atoms with van der Waals surface area (Å²) in [5.41, 5.74) is 6.62. The van der Waals surface area contributed by atoms with Gasteiger partial charge in [-0.3, -0.25) is 0 Å². The van der Waals surface area contributed by atoms with E-state index in [4.69, 9.17) is 15.6 Å². The number of rotatable bonds is 3. The summed E-state index contributed by atoms with van der Waals surface area (Å²) in [6.45, 7) is 3.46. The second-order valence-electron chi connectivity index (χ2n) is 5.13. The molecule has 0 unspecified atom stereocenters. The van der Waals surface area contributed by atoms with Gasteiger partial charge in [0.05, 0.1) is 4.90 Å². The van der Waals surface area contributed by atoms with E-state index in [-0.39, 0.29) is 10.4 Å². The van der Waals surface area contributed by atoms with Gasteiger partial charge in [0.25, 0.3) is 0 Å². The van der Waals surface area contributed by atoms with Gasteiger partial charge < -0.3 is 15.8 Å². The molecule has 19 heavy (non-hydrogen) atoms. The van der Waals surface area contributed by atoms with Crippen molar-refractivity contribution >= 4 is 21.4 Å². The first-order valence-corrected chi connectivity index (χ1v) is 7.62. The number of nitrogens with one attached hydrogen (secondary N) is 1.